The average molecular weight is 400 g/mol. The van der Waals surface area contributed by atoms with Crippen LogP contribution in [0.15, 0.2) is 60.7 Å². The maximum Gasteiger partial charge on any atom is 0.345 e. The lowest BCUT2D eigenvalue weighted by atomic mass is 9.99. The number of carbonyl (C=O) groups excluding carboxylic acids is 1. The number of hydrogen-bond acceptors (Lipinski definition) is 3. The summed E-state index contributed by atoms with van der Waals surface area (Å²) < 4.78 is 0. The molecule has 27 heavy (non-hydrogen) atoms. The van der Waals surface area contributed by atoms with Crippen molar-refractivity contribution in [2.75, 3.05) is 0 Å². The van der Waals surface area contributed by atoms with Crippen LogP contribution in [-0.2, 0) is 6.42 Å². The molecule has 0 spiro atoms. The second-order valence-corrected chi connectivity index (χ2v) is 7.71. The van der Waals surface area contributed by atoms with Crippen LogP contribution in [-0.4, -0.2) is 17.0 Å². The first kappa shape index (κ1) is 19.1. The van der Waals surface area contributed by atoms with Gasteiger partial charge in [0.1, 0.15) is 4.88 Å². The largest absolute Gasteiger partial charge is 0.477 e. The van der Waals surface area contributed by atoms with E-state index in [0.29, 0.717) is 17.0 Å². The molecule has 4 nitrogen and oxygen atoms in total. The molecule has 1 atom stereocenters. The molecule has 0 bridgehead atoms. The number of halogens is 1. The highest BCUT2D eigenvalue weighted by Gasteiger charge is 2.17. The monoisotopic (exact) mass is 399 g/mol. The van der Waals surface area contributed by atoms with E-state index in [1.165, 1.54) is 11.3 Å². The minimum atomic E-state index is -0.960. The molecule has 0 saturated heterocycles. The van der Waals surface area contributed by atoms with Crippen molar-refractivity contribution in [3.8, 4) is 0 Å². The number of rotatable bonds is 6. The summed E-state index contributed by atoms with van der Waals surface area (Å²) in [6.07, 6.45) is 0.622. The number of hydrogen-bond donors (Lipinski definition) is 2. The molecule has 2 aromatic carbocycles. The minimum Gasteiger partial charge on any atom is -0.477 e. The lowest BCUT2D eigenvalue weighted by Crippen LogP contribution is -2.27. The van der Waals surface area contributed by atoms with Gasteiger partial charge in [0.2, 0.25) is 0 Å². The van der Waals surface area contributed by atoms with Crippen LogP contribution in [0.2, 0.25) is 5.02 Å². The Balaban J connectivity index is 1.76. The van der Waals surface area contributed by atoms with Gasteiger partial charge < -0.3 is 10.4 Å². The third-order valence-corrected chi connectivity index (χ3v) is 5.69. The van der Waals surface area contributed by atoms with Crippen LogP contribution in [0.25, 0.3) is 0 Å². The van der Waals surface area contributed by atoms with E-state index in [0.717, 1.165) is 16.0 Å². The van der Waals surface area contributed by atoms with Crippen LogP contribution in [0.5, 0.6) is 0 Å². The number of amides is 1. The predicted octanol–water partition coefficient (Wildman–Crippen LogP) is 5.18. The van der Waals surface area contributed by atoms with Crippen molar-refractivity contribution in [1.82, 2.24) is 5.32 Å². The van der Waals surface area contributed by atoms with E-state index < -0.39 is 5.97 Å². The summed E-state index contributed by atoms with van der Waals surface area (Å²) in [4.78, 5) is 24.9. The summed E-state index contributed by atoms with van der Waals surface area (Å²) in [6.45, 7) is 1.84. The van der Waals surface area contributed by atoms with Gasteiger partial charge in [-0.05, 0) is 54.8 Å². The summed E-state index contributed by atoms with van der Waals surface area (Å²) in [7, 11) is 0. The third kappa shape index (κ3) is 4.76. The van der Waals surface area contributed by atoms with Gasteiger partial charge in [-0.1, -0.05) is 41.9 Å². The molecule has 0 fully saturated rings. The smallest absolute Gasteiger partial charge is 0.345 e. The summed E-state index contributed by atoms with van der Waals surface area (Å²) in [5, 5.41) is 12.7. The van der Waals surface area contributed by atoms with Gasteiger partial charge in [-0.25, -0.2) is 4.79 Å². The van der Waals surface area contributed by atoms with Gasteiger partial charge in [-0.3, -0.25) is 4.79 Å². The third-order valence-electron chi connectivity index (χ3n) is 4.18. The number of thiophene rings is 1. The van der Waals surface area contributed by atoms with Crippen molar-refractivity contribution in [3.05, 3.63) is 92.1 Å². The maximum atomic E-state index is 12.8. The highest BCUT2D eigenvalue weighted by molar-refractivity contribution is 7.14. The van der Waals surface area contributed by atoms with Crippen LogP contribution in [0.3, 0.4) is 0 Å². The lowest BCUT2D eigenvalue weighted by Gasteiger charge is -2.15. The van der Waals surface area contributed by atoms with Crippen LogP contribution in [0.1, 0.15) is 49.0 Å². The standard InChI is InChI=1S/C21H18ClNO3S/c1-13(18-10-11-19(27-18)21(25)26)23-20(24)17-5-3-2-4-15(17)12-14-6-8-16(22)9-7-14/h2-11,13H,12H2,1H3,(H,23,24)(H,25,26). The van der Waals surface area contributed by atoms with Crippen molar-refractivity contribution >= 4 is 34.8 Å². The van der Waals surface area contributed by atoms with Crippen molar-refractivity contribution < 1.29 is 14.7 Å². The zero-order valence-electron chi connectivity index (χ0n) is 14.6. The summed E-state index contributed by atoms with van der Waals surface area (Å²) in [5.41, 5.74) is 2.59. The molecule has 3 rings (SSSR count). The van der Waals surface area contributed by atoms with Crippen molar-refractivity contribution in [3.63, 3.8) is 0 Å². The van der Waals surface area contributed by atoms with Crippen molar-refractivity contribution in [2.24, 2.45) is 0 Å². The molecule has 0 radical (unpaired) electrons. The molecule has 0 saturated carbocycles. The number of carbonyl (C=O) groups is 2. The first-order valence-corrected chi connectivity index (χ1v) is 9.59. The quantitative estimate of drug-likeness (QED) is 0.600. The molecule has 0 aliphatic heterocycles. The van der Waals surface area contributed by atoms with Crippen LogP contribution < -0.4 is 5.32 Å². The number of nitrogens with one attached hydrogen (secondary N) is 1. The Morgan fingerprint density at radius 3 is 2.44 bits per heavy atom. The molecular formula is C21H18ClNO3S. The number of benzene rings is 2. The zero-order chi connectivity index (χ0) is 19.4. The van der Waals surface area contributed by atoms with E-state index in [4.69, 9.17) is 16.7 Å². The predicted molar refractivity (Wildman–Crippen MR) is 108 cm³/mol. The van der Waals surface area contributed by atoms with Crippen molar-refractivity contribution in [2.45, 2.75) is 19.4 Å². The average Bonchev–Trinajstić information content (AvgIpc) is 3.15. The van der Waals surface area contributed by atoms with E-state index in [9.17, 15) is 9.59 Å². The molecule has 1 unspecified atom stereocenters. The highest BCUT2D eigenvalue weighted by Crippen LogP contribution is 2.24. The Hall–Kier alpha value is -2.63. The second kappa shape index (κ2) is 8.37. The molecule has 0 aliphatic rings. The van der Waals surface area contributed by atoms with E-state index in [2.05, 4.69) is 5.32 Å². The zero-order valence-corrected chi connectivity index (χ0v) is 16.2. The molecule has 1 heterocycles. The van der Waals surface area contributed by atoms with E-state index in [1.54, 1.807) is 18.2 Å². The van der Waals surface area contributed by atoms with Crippen LogP contribution in [0, 0.1) is 0 Å². The minimum absolute atomic E-state index is 0.183. The summed E-state index contributed by atoms with van der Waals surface area (Å²) in [6, 6.07) is 18.0. The SMILES string of the molecule is CC(NC(=O)c1ccccc1Cc1ccc(Cl)cc1)c1ccc(C(=O)O)s1. The van der Waals surface area contributed by atoms with Gasteiger partial charge in [0.05, 0.1) is 6.04 Å². The van der Waals surface area contributed by atoms with E-state index in [-0.39, 0.29) is 16.8 Å². The Labute approximate surface area is 166 Å². The molecule has 0 aliphatic carbocycles. The van der Waals surface area contributed by atoms with Crippen LogP contribution >= 0.6 is 22.9 Å². The molecule has 3 aromatic rings. The normalized spacial score (nSPS) is 11.8. The number of aromatic carboxylic acids is 1. The summed E-state index contributed by atoms with van der Waals surface area (Å²) >= 11 is 7.10. The van der Waals surface area contributed by atoms with Crippen molar-refractivity contribution in [1.29, 1.82) is 0 Å². The molecule has 138 valence electrons. The molecule has 2 N–H and O–H groups in total. The van der Waals surface area contributed by atoms with E-state index in [1.807, 2.05) is 49.4 Å². The topological polar surface area (TPSA) is 66.4 Å². The Kier molecular flexibility index (Phi) is 5.94. The first-order valence-electron chi connectivity index (χ1n) is 8.40. The Bertz CT molecular complexity index is 966. The van der Waals surface area contributed by atoms with Gasteiger partial charge in [0.25, 0.3) is 5.91 Å². The Morgan fingerprint density at radius 1 is 1.07 bits per heavy atom. The Morgan fingerprint density at radius 2 is 1.78 bits per heavy atom. The maximum absolute atomic E-state index is 12.8. The second-order valence-electron chi connectivity index (χ2n) is 6.16. The van der Waals surface area contributed by atoms with Gasteiger partial charge in [0.15, 0.2) is 0 Å². The highest BCUT2D eigenvalue weighted by atomic mass is 35.5. The van der Waals surface area contributed by atoms with Crippen LogP contribution in [0.4, 0.5) is 0 Å². The fourth-order valence-corrected chi connectivity index (χ4v) is 3.74. The van der Waals surface area contributed by atoms with Gasteiger partial charge >= 0.3 is 5.97 Å². The van der Waals surface area contributed by atoms with Gasteiger partial charge in [0, 0.05) is 15.5 Å². The molecule has 1 amide bonds. The fourth-order valence-electron chi connectivity index (χ4n) is 2.76. The molecular weight excluding hydrogens is 382 g/mol. The molecule has 6 heteroatoms. The number of carboxylic acids is 1. The van der Waals surface area contributed by atoms with Gasteiger partial charge in [-0.15, -0.1) is 11.3 Å². The summed E-state index contributed by atoms with van der Waals surface area (Å²) in [5.74, 6) is -1.14. The molecule has 1 aromatic heterocycles. The van der Waals surface area contributed by atoms with E-state index >= 15 is 0 Å². The van der Waals surface area contributed by atoms with Gasteiger partial charge in [-0.2, -0.15) is 0 Å². The number of carboxylic acid groups (broad SMARTS) is 1. The fraction of sp³-hybridized carbons (Fsp3) is 0.143. The first-order chi connectivity index (χ1) is 12.9. The lowest BCUT2D eigenvalue weighted by molar-refractivity contribution is 0.0702.